The molecule has 0 atom stereocenters. The van der Waals surface area contributed by atoms with Gasteiger partial charge < -0.3 is 5.11 Å². The molecule has 2 heterocycles. The smallest absolute Gasteiger partial charge is 0.148 e. The third-order valence-corrected chi connectivity index (χ3v) is 9.82. The molecule has 7 rings (SSSR count). The first-order valence-electron chi connectivity index (χ1n) is 17.7. The summed E-state index contributed by atoms with van der Waals surface area (Å²) in [5.74, 6) is 0.873. The number of phenols is 1. The fourth-order valence-corrected chi connectivity index (χ4v) is 7.10. The van der Waals surface area contributed by atoms with Crippen molar-refractivity contribution < 1.29 is 26.2 Å². The van der Waals surface area contributed by atoms with Crippen LogP contribution >= 0.6 is 0 Å². The number of para-hydroxylation sites is 1. The Labute approximate surface area is 322 Å². The number of pyridine rings is 1. The summed E-state index contributed by atoms with van der Waals surface area (Å²) in [5.41, 5.74) is 15.3. The Morgan fingerprint density at radius 2 is 1.31 bits per heavy atom. The van der Waals surface area contributed by atoms with Gasteiger partial charge in [0.15, 0.2) is 0 Å². The second kappa shape index (κ2) is 14.0. The number of imidazole rings is 1. The van der Waals surface area contributed by atoms with Crippen molar-refractivity contribution in [1.82, 2.24) is 14.5 Å². The van der Waals surface area contributed by atoms with Gasteiger partial charge in [-0.3, -0.25) is 9.55 Å². The van der Waals surface area contributed by atoms with E-state index in [0.29, 0.717) is 11.4 Å². The summed E-state index contributed by atoms with van der Waals surface area (Å²) in [6.07, 6.45) is 1.91. The van der Waals surface area contributed by atoms with Crippen LogP contribution in [-0.2, 0) is 31.9 Å². The van der Waals surface area contributed by atoms with Gasteiger partial charge in [0.05, 0.1) is 22.3 Å². The predicted octanol–water partition coefficient (Wildman–Crippen LogP) is 12.1. The minimum absolute atomic E-state index is 0. The van der Waals surface area contributed by atoms with Gasteiger partial charge in [-0.05, 0) is 83.7 Å². The summed E-state index contributed by atoms with van der Waals surface area (Å²) in [5, 5.41) is 11.5. The zero-order valence-electron chi connectivity index (χ0n) is 31.5. The van der Waals surface area contributed by atoms with Crippen molar-refractivity contribution in [1.29, 1.82) is 0 Å². The van der Waals surface area contributed by atoms with Gasteiger partial charge in [0.2, 0.25) is 0 Å². The van der Waals surface area contributed by atoms with E-state index >= 15 is 0 Å². The Balaban J connectivity index is 0.00000464. The van der Waals surface area contributed by atoms with E-state index in [9.17, 15) is 5.11 Å². The Hall–Kier alpha value is -4.79. The topological polar surface area (TPSA) is 50.9 Å². The molecule has 2 aromatic heterocycles. The monoisotopic (exact) mass is 863 g/mol. The van der Waals surface area contributed by atoms with E-state index in [4.69, 9.17) is 9.97 Å². The third-order valence-electron chi connectivity index (χ3n) is 9.82. The number of phenolic OH excluding ortho intramolecular Hbond substituents is 1. The van der Waals surface area contributed by atoms with Gasteiger partial charge in [0.25, 0.3) is 0 Å². The average Bonchev–Trinajstić information content (AvgIpc) is 3.46. The van der Waals surface area contributed by atoms with Crippen LogP contribution in [0.25, 0.3) is 61.6 Å². The number of rotatable bonds is 5. The van der Waals surface area contributed by atoms with Crippen molar-refractivity contribution in [2.45, 2.75) is 73.1 Å². The zero-order chi connectivity index (χ0) is 36.2. The zero-order valence-corrected chi connectivity index (χ0v) is 33.8. The minimum atomic E-state index is -0.113. The SMILES string of the molecule is Cc1cc(C)c(-n2c(-c3cc(-c4ccccc4)ccc3O)nc3c(-c4[c-]c(-c5cc(C(C)(C)C)ccn5)cc(C(C)(C)C)c4)cccc32)c(C)c1.[Pt]. The Kier molecular flexibility index (Phi) is 9.94. The molecule has 266 valence electrons. The number of aryl methyl sites for hydroxylation is 3. The number of hydrogen-bond acceptors (Lipinski definition) is 3. The van der Waals surface area contributed by atoms with Crippen molar-refractivity contribution in [3.05, 3.63) is 143 Å². The number of hydrogen-bond donors (Lipinski definition) is 1. The molecule has 0 amide bonds. The summed E-state index contributed by atoms with van der Waals surface area (Å²) < 4.78 is 2.23. The standard InChI is InChI=1S/C47H46N3O.Pt/c1-29-22-30(2)44(31(3)23-29)50-41-17-13-16-38(43(41)49-45(50)39-27-33(18-19-42(39)51)32-14-11-10-12-15-32)34-24-35(26-37(25-34)47(7,8)9)40-28-36(20-21-48-40)46(4,5)6;/h10-23,25-28,51H,1-9H3;/q-1;. The molecule has 0 spiro atoms. The van der Waals surface area contributed by atoms with Crippen LogP contribution in [0.4, 0.5) is 0 Å². The number of fused-ring (bicyclic) bond motifs is 1. The average molecular weight is 864 g/mol. The van der Waals surface area contributed by atoms with Crippen molar-refractivity contribution in [2.24, 2.45) is 0 Å². The van der Waals surface area contributed by atoms with Crippen molar-refractivity contribution in [2.75, 3.05) is 0 Å². The molecule has 0 saturated heterocycles. The van der Waals surface area contributed by atoms with Crippen LogP contribution in [-0.4, -0.2) is 19.6 Å². The summed E-state index contributed by atoms with van der Waals surface area (Å²) >= 11 is 0. The fraction of sp³-hybridized carbons (Fsp3) is 0.234. The number of benzene rings is 5. The van der Waals surface area contributed by atoms with Crippen molar-refractivity contribution in [3.8, 4) is 56.3 Å². The van der Waals surface area contributed by atoms with Crippen LogP contribution < -0.4 is 0 Å². The Morgan fingerprint density at radius 1 is 0.635 bits per heavy atom. The van der Waals surface area contributed by atoms with Crippen molar-refractivity contribution in [3.63, 3.8) is 0 Å². The summed E-state index contributed by atoms with van der Waals surface area (Å²) in [6.45, 7) is 19.9. The second-order valence-electron chi connectivity index (χ2n) is 15.9. The second-order valence-corrected chi connectivity index (χ2v) is 15.9. The van der Waals surface area contributed by atoms with Crippen LogP contribution in [0.5, 0.6) is 5.75 Å². The molecule has 52 heavy (non-hydrogen) atoms. The molecule has 0 aliphatic carbocycles. The van der Waals surface area contributed by atoms with Gasteiger partial charge in [-0.25, -0.2) is 4.98 Å². The molecule has 7 aromatic rings. The molecule has 0 fully saturated rings. The van der Waals surface area contributed by atoms with Crippen LogP contribution in [0.15, 0.2) is 109 Å². The molecule has 0 saturated carbocycles. The molecular formula is C47H46N3OPt-. The van der Waals surface area contributed by atoms with Gasteiger partial charge in [0.1, 0.15) is 11.6 Å². The van der Waals surface area contributed by atoms with Crippen LogP contribution in [0.3, 0.4) is 0 Å². The molecule has 0 unspecified atom stereocenters. The van der Waals surface area contributed by atoms with E-state index in [1.165, 1.54) is 16.7 Å². The van der Waals surface area contributed by atoms with Gasteiger partial charge in [-0.2, -0.15) is 0 Å². The third kappa shape index (κ3) is 7.02. The van der Waals surface area contributed by atoms with Gasteiger partial charge in [-0.1, -0.05) is 125 Å². The van der Waals surface area contributed by atoms with Crippen LogP contribution in [0.2, 0.25) is 0 Å². The molecule has 4 nitrogen and oxygen atoms in total. The van der Waals surface area contributed by atoms with Gasteiger partial charge in [0, 0.05) is 33.0 Å². The van der Waals surface area contributed by atoms with Crippen LogP contribution in [0, 0.1) is 26.8 Å². The summed E-state index contributed by atoms with van der Waals surface area (Å²) in [6, 6.07) is 39.4. The molecule has 5 aromatic carbocycles. The maximum absolute atomic E-state index is 11.5. The first-order valence-corrected chi connectivity index (χ1v) is 17.7. The van der Waals surface area contributed by atoms with E-state index in [0.717, 1.165) is 61.4 Å². The van der Waals surface area contributed by atoms with Crippen LogP contribution in [0.1, 0.15) is 69.4 Å². The molecule has 0 bridgehead atoms. The quantitative estimate of drug-likeness (QED) is 0.175. The summed E-state index contributed by atoms with van der Waals surface area (Å²) in [7, 11) is 0. The van der Waals surface area contributed by atoms with E-state index in [1.54, 1.807) is 6.07 Å². The number of aromatic hydroxyl groups is 1. The first-order chi connectivity index (χ1) is 24.2. The Bertz CT molecular complexity index is 2400. The Morgan fingerprint density at radius 3 is 1.98 bits per heavy atom. The first kappa shape index (κ1) is 37.0. The molecule has 5 heteroatoms. The number of aromatic nitrogens is 3. The maximum Gasteiger partial charge on any atom is 0.148 e. The molecule has 0 radical (unpaired) electrons. The molecular weight excluding hydrogens is 818 g/mol. The molecule has 1 N–H and O–H groups in total. The molecule has 0 aliphatic rings. The van der Waals surface area contributed by atoms with E-state index in [2.05, 4.69) is 146 Å². The number of nitrogens with zero attached hydrogens (tertiary/aromatic N) is 3. The van der Waals surface area contributed by atoms with E-state index in [-0.39, 0.29) is 37.6 Å². The van der Waals surface area contributed by atoms with Gasteiger partial charge in [-0.15, -0.1) is 29.3 Å². The predicted molar refractivity (Wildman–Crippen MR) is 213 cm³/mol. The van der Waals surface area contributed by atoms with E-state index < -0.39 is 0 Å². The molecule has 0 aliphatic heterocycles. The maximum atomic E-state index is 11.5. The normalized spacial score (nSPS) is 11.9. The summed E-state index contributed by atoms with van der Waals surface area (Å²) in [4.78, 5) is 10.3. The van der Waals surface area contributed by atoms with Crippen molar-refractivity contribution >= 4 is 11.0 Å². The fourth-order valence-electron chi connectivity index (χ4n) is 7.10. The van der Waals surface area contributed by atoms with E-state index in [1.807, 2.05) is 30.5 Å². The minimum Gasteiger partial charge on any atom is -0.507 e. The largest absolute Gasteiger partial charge is 0.507 e. The van der Waals surface area contributed by atoms with Gasteiger partial charge >= 0.3 is 0 Å².